The summed E-state index contributed by atoms with van der Waals surface area (Å²) in [6, 6.07) is 9.23. The number of methoxy groups -OCH3 is 1. The molecule has 0 bridgehead atoms. The zero-order valence-electron chi connectivity index (χ0n) is 16.9. The van der Waals surface area contributed by atoms with Crippen molar-refractivity contribution in [2.24, 2.45) is 4.99 Å². The minimum atomic E-state index is 0. The molecule has 1 aliphatic rings. The van der Waals surface area contributed by atoms with Crippen LogP contribution in [0.15, 0.2) is 29.3 Å². The molecule has 0 radical (unpaired) electrons. The summed E-state index contributed by atoms with van der Waals surface area (Å²) in [6.45, 7) is 8.18. The van der Waals surface area contributed by atoms with Crippen LogP contribution in [0.4, 0.5) is 0 Å². The average molecular weight is 490 g/mol. The lowest BCUT2D eigenvalue weighted by atomic mass is 9.99. The molecule has 1 aromatic rings. The van der Waals surface area contributed by atoms with E-state index >= 15 is 0 Å². The Balaban J connectivity index is 0.00000364. The third-order valence-electron chi connectivity index (χ3n) is 4.76. The molecule has 0 aliphatic carbocycles. The molecule has 27 heavy (non-hydrogen) atoms. The van der Waals surface area contributed by atoms with Gasteiger partial charge in [-0.1, -0.05) is 24.3 Å². The van der Waals surface area contributed by atoms with Crippen molar-refractivity contribution in [3.63, 3.8) is 0 Å². The first-order valence-electron chi connectivity index (χ1n) is 9.56. The molecule has 1 aromatic carbocycles. The van der Waals surface area contributed by atoms with E-state index in [-0.39, 0.29) is 24.0 Å². The van der Waals surface area contributed by atoms with Crippen LogP contribution in [0.2, 0.25) is 0 Å². The highest BCUT2D eigenvalue weighted by molar-refractivity contribution is 14.0. The lowest BCUT2D eigenvalue weighted by Gasteiger charge is -2.34. The average Bonchev–Trinajstić information content (AvgIpc) is 2.69. The topological polar surface area (TPSA) is 58.1 Å². The van der Waals surface area contributed by atoms with Crippen LogP contribution in [-0.2, 0) is 22.4 Å². The molecule has 1 atom stereocenters. The van der Waals surface area contributed by atoms with Crippen molar-refractivity contribution >= 4 is 29.9 Å². The quantitative estimate of drug-likeness (QED) is 0.228. The van der Waals surface area contributed by atoms with E-state index in [2.05, 4.69) is 51.7 Å². The fourth-order valence-corrected chi connectivity index (χ4v) is 3.11. The van der Waals surface area contributed by atoms with Crippen molar-refractivity contribution in [3.8, 4) is 0 Å². The first-order valence-corrected chi connectivity index (χ1v) is 9.56. The first-order chi connectivity index (χ1) is 12.7. The molecule has 0 saturated carbocycles. The third-order valence-corrected chi connectivity index (χ3v) is 4.76. The smallest absolute Gasteiger partial charge is 0.191 e. The van der Waals surface area contributed by atoms with Crippen molar-refractivity contribution in [1.29, 1.82) is 0 Å². The highest BCUT2D eigenvalue weighted by Gasteiger charge is 2.20. The summed E-state index contributed by atoms with van der Waals surface area (Å²) in [4.78, 5) is 6.84. The largest absolute Gasteiger partial charge is 0.382 e. The molecule has 154 valence electrons. The van der Waals surface area contributed by atoms with Crippen molar-refractivity contribution in [3.05, 3.63) is 35.4 Å². The molecule has 2 rings (SSSR count). The van der Waals surface area contributed by atoms with Gasteiger partial charge in [0.2, 0.25) is 0 Å². The van der Waals surface area contributed by atoms with E-state index in [4.69, 9.17) is 9.47 Å². The molecule has 0 spiro atoms. The minimum Gasteiger partial charge on any atom is -0.382 e. The molecule has 2 N–H and O–H groups in total. The van der Waals surface area contributed by atoms with Gasteiger partial charge in [-0.05, 0) is 30.9 Å². The van der Waals surface area contributed by atoms with Gasteiger partial charge in [-0.2, -0.15) is 0 Å². The molecule has 1 heterocycles. The summed E-state index contributed by atoms with van der Waals surface area (Å²) < 4.78 is 10.4. The van der Waals surface area contributed by atoms with E-state index in [9.17, 15) is 0 Å². The Kier molecular flexibility index (Phi) is 12.6. The van der Waals surface area contributed by atoms with Gasteiger partial charge in [0, 0.05) is 53.0 Å². The number of benzene rings is 1. The van der Waals surface area contributed by atoms with Crippen LogP contribution >= 0.6 is 24.0 Å². The fourth-order valence-electron chi connectivity index (χ4n) is 3.11. The second-order valence-electron chi connectivity index (χ2n) is 6.68. The van der Waals surface area contributed by atoms with Crippen LogP contribution in [0.3, 0.4) is 0 Å². The van der Waals surface area contributed by atoms with Crippen molar-refractivity contribution in [1.82, 2.24) is 15.5 Å². The molecular weight excluding hydrogens is 455 g/mol. The summed E-state index contributed by atoms with van der Waals surface area (Å²) in [7, 11) is 3.50. The highest BCUT2D eigenvalue weighted by Crippen LogP contribution is 2.19. The van der Waals surface area contributed by atoms with Gasteiger partial charge in [0.1, 0.15) is 0 Å². The second-order valence-corrected chi connectivity index (χ2v) is 6.68. The molecule has 1 unspecified atom stereocenters. The normalized spacial score (nSPS) is 15.6. The van der Waals surface area contributed by atoms with Crippen LogP contribution in [0.5, 0.6) is 0 Å². The zero-order valence-corrected chi connectivity index (χ0v) is 19.2. The summed E-state index contributed by atoms with van der Waals surface area (Å²) in [5.41, 5.74) is 2.95. The molecule has 0 fully saturated rings. The van der Waals surface area contributed by atoms with Gasteiger partial charge < -0.3 is 20.1 Å². The van der Waals surface area contributed by atoms with Gasteiger partial charge in [-0.25, -0.2) is 0 Å². The summed E-state index contributed by atoms with van der Waals surface area (Å²) in [5.74, 6) is 0.853. The van der Waals surface area contributed by atoms with Crippen molar-refractivity contribution in [2.45, 2.75) is 32.4 Å². The van der Waals surface area contributed by atoms with E-state index in [1.807, 2.05) is 7.05 Å². The molecule has 1 aliphatic heterocycles. The van der Waals surface area contributed by atoms with Crippen molar-refractivity contribution in [2.75, 3.05) is 53.6 Å². The number of guanidine groups is 1. The lowest BCUT2D eigenvalue weighted by molar-refractivity contribution is 0.0698. The SMILES string of the molecule is CN=C(NCCCOCCOC)NCC(C)N1CCc2ccccc2C1.I. The number of aliphatic imine (C=N–C) groups is 1. The van der Waals surface area contributed by atoms with Crippen LogP contribution in [0, 0.1) is 0 Å². The molecule has 0 amide bonds. The Bertz CT molecular complexity index is 557. The zero-order chi connectivity index (χ0) is 18.6. The number of hydrogen-bond donors (Lipinski definition) is 2. The third kappa shape index (κ3) is 8.76. The number of fused-ring (bicyclic) bond motifs is 1. The molecule has 6 nitrogen and oxygen atoms in total. The second kappa shape index (κ2) is 14.1. The Morgan fingerprint density at radius 1 is 1.19 bits per heavy atom. The molecular formula is C20H35IN4O2. The maximum Gasteiger partial charge on any atom is 0.191 e. The summed E-state index contributed by atoms with van der Waals surface area (Å²) in [6.07, 6.45) is 2.08. The minimum absolute atomic E-state index is 0. The van der Waals surface area contributed by atoms with E-state index in [0.29, 0.717) is 19.3 Å². The van der Waals surface area contributed by atoms with Gasteiger partial charge >= 0.3 is 0 Å². The Labute approximate surface area is 181 Å². The number of nitrogens with zero attached hydrogens (tertiary/aromatic N) is 2. The fraction of sp³-hybridized carbons (Fsp3) is 0.650. The van der Waals surface area contributed by atoms with Gasteiger partial charge in [-0.15, -0.1) is 24.0 Å². The number of rotatable bonds is 10. The monoisotopic (exact) mass is 490 g/mol. The Hall–Kier alpha value is -0.900. The highest BCUT2D eigenvalue weighted by atomic mass is 127. The lowest BCUT2D eigenvalue weighted by Crippen LogP contribution is -2.47. The van der Waals surface area contributed by atoms with E-state index in [1.54, 1.807) is 7.11 Å². The maximum absolute atomic E-state index is 5.46. The van der Waals surface area contributed by atoms with Gasteiger partial charge in [0.25, 0.3) is 0 Å². The predicted molar refractivity (Wildman–Crippen MR) is 122 cm³/mol. The van der Waals surface area contributed by atoms with Crippen LogP contribution in [-0.4, -0.2) is 70.5 Å². The predicted octanol–water partition coefficient (Wildman–Crippen LogP) is 2.27. The van der Waals surface area contributed by atoms with Gasteiger partial charge in [0.15, 0.2) is 5.96 Å². The molecule has 0 saturated heterocycles. The number of halogens is 1. The number of nitrogens with one attached hydrogen (secondary N) is 2. The molecule has 7 heteroatoms. The van der Waals surface area contributed by atoms with E-state index in [0.717, 1.165) is 51.6 Å². The summed E-state index contributed by atoms with van der Waals surface area (Å²) in [5, 5.41) is 6.78. The van der Waals surface area contributed by atoms with Crippen LogP contribution in [0.25, 0.3) is 0 Å². The Morgan fingerprint density at radius 2 is 1.96 bits per heavy atom. The van der Waals surface area contributed by atoms with Crippen LogP contribution in [0.1, 0.15) is 24.5 Å². The summed E-state index contributed by atoms with van der Waals surface area (Å²) >= 11 is 0. The standard InChI is InChI=1S/C20H34N4O2.HI/c1-17(24-11-9-18-7-4-5-8-19(18)16-24)15-23-20(21-2)22-10-6-12-26-14-13-25-3;/h4-5,7-8,17H,6,9-16H2,1-3H3,(H2,21,22,23);1H. The van der Waals surface area contributed by atoms with Gasteiger partial charge in [0.05, 0.1) is 13.2 Å². The Morgan fingerprint density at radius 3 is 2.70 bits per heavy atom. The van der Waals surface area contributed by atoms with Gasteiger partial charge in [-0.3, -0.25) is 9.89 Å². The first kappa shape index (κ1) is 24.1. The van der Waals surface area contributed by atoms with Crippen LogP contribution < -0.4 is 10.6 Å². The van der Waals surface area contributed by atoms with E-state index in [1.165, 1.54) is 11.1 Å². The maximum atomic E-state index is 5.46. The molecule has 0 aromatic heterocycles. The number of hydrogen-bond acceptors (Lipinski definition) is 4. The van der Waals surface area contributed by atoms with Crippen molar-refractivity contribution < 1.29 is 9.47 Å². The van der Waals surface area contributed by atoms with E-state index < -0.39 is 0 Å². The number of ether oxygens (including phenoxy) is 2.